The highest BCUT2D eigenvalue weighted by atomic mass is 35.5. The Labute approximate surface area is 154 Å². The molecule has 0 bridgehead atoms. The van der Waals surface area contributed by atoms with Gasteiger partial charge in [0.05, 0.1) is 19.1 Å². The molecular weight excluding hydrogens is 363 g/mol. The number of fused-ring (bicyclic) bond motifs is 1. The highest BCUT2D eigenvalue weighted by Gasteiger charge is 2.36. The number of urea groups is 1. The molecule has 3 rings (SSSR count). The van der Waals surface area contributed by atoms with Crippen LogP contribution in [0.3, 0.4) is 0 Å². The van der Waals surface area contributed by atoms with Crippen LogP contribution in [0.15, 0.2) is 24.5 Å². The van der Waals surface area contributed by atoms with E-state index in [2.05, 4.69) is 20.0 Å². The standard InChI is InChI=1S/C17H18ClFN4O3/c1-9(16(24)26-2)22-17(25)23-6-5-13-14(21-8-20-13)15(23)11-7-10(18)3-4-12(11)19/h3-4,7-9,15H,5-6H2,1-2H3,(H,20,21)(H,22,25)/t9-,15-/m0/s1. The number of aromatic nitrogens is 2. The predicted octanol–water partition coefficient (Wildman–Crippen LogP) is 2.42. The molecule has 1 aliphatic heterocycles. The van der Waals surface area contributed by atoms with E-state index < -0.39 is 29.9 Å². The summed E-state index contributed by atoms with van der Waals surface area (Å²) in [5, 5.41) is 2.93. The Balaban J connectivity index is 1.97. The number of nitrogens with zero attached hydrogens (tertiary/aromatic N) is 2. The number of carbonyl (C=O) groups excluding carboxylic acids is 2. The number of rotatable bonds is 3. The quantitative estimate of drug-likeness (QED) is 0.800. The van der Waals surface area contributed by atoms with Crippen molar-refractivity contribution in [2.24, 2.45) is 0 Å². The maximum Gasteiger partial charge on any atom is 0.328 e. The monoisotopic (exact) mass is 380 g/mol. The second kappa shape index (κ2) is 7.33. The Bertz CT molecular complexity index is 841. The van der Waals surface area contributed by atoms with Crippen molar-refractivity contribution in [3.05, 3.63) is 52.3 Å². The number of halogens is 2. The summed E-state index contributed by atoms with van der Waals surface area (Å²) in [7, 11) is 1.24. The average molecular weight is 381 g/mol. The third kappa shape index (κ3) is 3.37. The highest BCUT2D eigenvalue weighted by Crippen LogP contribution is 2.35. The smallest absolute Gasteiger partial charge is 0.328 e. The van der Waals surface area contributed by atoms with Gasteiger partial charge in [0, 0.05) is 29.2 Å². The summed E-state index contributed by atoms with van der Waals surface area (Å²) in [6.45, 7) is 1.84. The number of nitrogens with one attached hydrogen (secondary N) is 2. The second-order valence-corrected chi connectivity index (χ2v) is 6.41. The fourth-order valence-electron chi connectivity index (χ4n) is 3.04. The minimum Gasteiger partial charge on any atom is -0.467 e. The second-order valence-electron chi connectivity index (χ2n) is 5.97. The molecule has 1 aromatic carbocycles. The van der Waals surface area contributed by atoms with Crippen LogP contribution in [0.2, 0.25) is 5.02 Å². The molecule has 138 valence electrons. The van der Waals surface area contributed by atoms with Gasteiger partial charge < -0.3 is 19.9 Å². The molecule has 0 radical (unpaired) electrons. The van der Waals surface area contributed by atoms with Gasteiger partial charge in [-0.2, -0.15) is 0 Å². The molecule has 0 saturated carbocycles. The minimum atomic E-state index is -0.835. The molecule has 9 heteroatoms. The van der Waals surface area contributed by atoms with Crippen molar-refractivity contribution in [2.45, 2.75) is 25.4 Å². The van der Waals surface area contributed by atoms with Crippen molar-refractivity contribution >= 4 is 23.6 Å². The number of amides is 2. The zero-order valence-electron chi connectivity index (χ0n) is 14.3. The Kier molecular flexibility index (Phi) is 5.13. The summed E-state index contributed by atoms with van der Waals surface area (Å²) in [4.78, 5) is 33.1. The minimum absolute atomic E-state index is 0.242. The van der Waals surface area contributed by atoms with Gasteiger partial charge in [-0.25, -0.2) is 19.0 Å². The van der Waals surface area contributed by atoms with Crippen LogP contribution >= 0.6 is 11.6 Å². The molecule has 2 amide bonds. The number of esters is 1. The van der Waals surface area contributed by atoms with E-state index in [1.807, 2.05) is 0 Å². The van der Waals surface area contributed by atoms with Crippen molar-refractivity contribution < 1.29 is 18.7 Å². The SMILES string of the molecule is COC(=O)[C@H](C)NC(=O)N1CCc2[nH]cnc2[C@@H]1c1cc(Cl)ccc1F. The molecule has 0 fully saturated rings. The largest absolute Gasteiger partial charge is 0.467 e. The van der Waals surface area contributed by atoms with E-state index in [1.165, 1.54) is 43.5 Å². The fraction of sp³-hybridized carbons (Fsp3) is 0.353. The Morgan fingerprint density at radius 2 is 2.27 bits per heavy atom. The van der Waals surface area contributed by atoms with Gasteiger partial charge in [0.15, 0.2) is 0 Å². The van der Waals surface area contributed by atoms with Crippen LogP contribution in [0.1, 0.15) is 29.9 Å². The molecule has 1 aliphatic rings. The van der Waals surface area contributed by atoms with Crippen LogP contribution in [0.5, 0.6) is 0 Å². The van der Waals surface area contributed by atoms with E-state index in [4.69, 9.17) is 11.6 Å². The molecule has 7 nitrogen and oxygen atoms in total. The number of hydrogen-bond acceptors (Lipinski definition) is 4. The Morgan fingerprint density at radius 1 is 1.50 bits per heavy atom. The summed E-state index contributed by atoms with van der Waals surface area (Å²) < 4.78 is 19.1. The number of ether oxygens (including phenoxy) is 1. The van der Waals surface area contributed by atoms with Crippen molar-refractivity contribution in [3.8, 4) is 0 Å². The third-order valence-electron chi connectivity index (χ3n) is 4.33. The van der Waals surface area contributed by atoms with Crippen LogP contribution in [-0.2, 0) is 16.0 Å². The van der Waals surface area contributed by atoms with Gasteiger partial charge in [0.25, 0.3) is 0 Å². The van der Waals surface area contributed by atoms with Gasteiger partial charge >= 0.3 is 12.0 Å². The van der Waals surface area contributed by atoms with Gasteiger partial charge in [-0.3, -0.25) is 0 Å². The summed E-state index contributed by atoms with van der Waals surface area (Å²) in [6, 6.07) is 2.08. The van der Waals surface area contributed by atoms with Crippen molar-refractivity contribution in [1.82, 2.24) is 20.2 Å². The number of carbonyl (C=O) groups is 2. The lowest BCUT2D eigenvalue weighted by Crippen LogP contribution is -2.50. The normalized spacial score (nSPS) is 17.4. The predicted molar refractivity (Wildman–Crippen MR) is 92.3 cm³/mol. The van der Waals surface area contributed by atoms with Crippen LogP contribution < -0.4 is 5.32 Å². The van der Waals surface area contributed by atoms with E-state index in [1.54, 1.807) is 0 Å². The first-order chi connectivity index (χ1) is 12.4. The number of benzene rings is 1. The van der Waals surface area contributed by atoms with E-state index >= 15 is 0 Å². The lowest BCUT2D eigenvalue weighted by Gasteiger charge is -2.35. The fourth-order valence-corrected chi connectivity index (χ4v) is 3.22. The first kappa shape index (κ1) is 18.2. The molecule has 2 aromatic rings. The maximum atomic E-state index is 14.5. The lowest BCUT2D eigenvalue weighted by atomic mass is 9.95. The number of H-pyrrole nitrogens is 1. The van der Waals surface area contributed by atoms with Crippen LogP contribution in [0.4, 0.5) is 9.18 Å². The van der Waals surface area contributed by atoms with Crippen molar-refractivity contribution in [2.75, 3.05) is 13.7 Å². The summed E-state index contributed by atoms with van der Waals surface area (Å²) in [5.74, 6) is -1.06. The third-order valence-corrected chi connectivity index (χ3v) is 4.57. The number of aromatic amines is 1. The van der Waals surface area contributed by atoms with E-state index in [-0.39, 0.29) is 5.56 Å². The molecule has 2 heterocycles. The van der Waals surface area contributed by atoms with Crippen molar-refractivity contribution in [3.63, 3.8) is 0 Å². The van der Waals surface area contributed by atoms with Gasteiger partial charge in [-0.05, 0) is 25.1 Å². The Hall–Kier alpha value is -2.61. The van der Waals surface area contributed by atoms with Gasteiger partial charge in [0.1, 0.15) is 17.9 Å². The molecule has 2 N–H and O–H groups in total. The molecule has 0 aliphatic carbocycles. The van der Waals surface area contributed by atoms with Crippen LogP contribution in [-0.4, -0.2) is 46.6 Å². The molecule has 0 spiro atoms. The summed E-state index contributed by atoms with van der Waals surface area (Å²) >= 11 is 6.03. The maximum absolute atomic E-state index is 14.5. The van der Waals surface area contributed by atoms with Crippen LogP contribution in [0.25, 0.3) is 0 Å². The van der Waals surface area contributed by atoms with Gasteiger partial charge in [-0.15, -0.1) is 0 Å². The Morgan fingerprint density at radius 3 is 3.00 bits per heavy atom. The van der Waals surface area contributed by atoms with E-state index in [0.717, 1.165) is 5.69 Å². The molecule has 0 saturated heterocycles. The van der Waals surface area contributed by atoms with Gasteiger partial charge in [0.2, 0.25) is 0 Å². The van der Waals surface area contributed by atoms with Crippen molar-refractivity contribution in [1.29, 1.82) is 0 Å². The van der Waals surface area contributed by atoms with E-state index in [0.29, 0.717) is 23.7 Å². The molecule has 0 unspecified atom stereocenters. The van der Waals surface area contributed by atoms with Crippen LogP contribution in [0, 0.1) is 5.82 Å². The highest BCUT2D eigenvalue weighted by molar-refractivity contribution is 6.30. The average Bonchev–Trinajstić information content (AvgIpc) is 3.10. The molecule has 26 heavy (non-hydrogen) atoms. The molecule has 1 aromatic heterocycles. The van der Waals surface area contributed by atoms with E-state index in [9.17, 15) is 14.0 Å². The number of hydrogen-bond donors (Lipinski definition) is 2. The number of methoxy groups -OCH3 is 1. The summed E-state index contributed by atoms with van der Waals surface area (Å²) in [5.41, 5.74) is 1.63. The first-order valence-corrected chi connectivity index (χ1v) is 8.42. The summed E-state index contributed by atoms with van der Waals surface area (Å²) in [6.07, 6.45) is 2.05. The van der Waals surface area contributed by atoms with Gasteiger partial charge in [-0.1, -0.05) is 11.6 Å². The lowest BCUT2D eigenvalue weighted by molar-refractivity contribution is -0.142. The zero-order chi connectivity index (χ0) is 18.8. The number of imidazole rings is 1. The topological polar surface area (TPSA) is 87.3 Å². The molecule has 2 atom stereocenters. The first-order valence-electron chi connectivity index (χ1n) is 8.04. The zero-order valence-corrected chi connectivity index (χ0v) is 15.0. The molecular formula is C17H18ClFN4O3.